The number of nitrogens with zero attached hydrogens (tertiary/aromatic N) is 1. The fourth-order valence-corrected chi connectivity index (χ4v) is 1.75. The van der Waals surface area contributed by atoms with Gasteiger partial charge in [0, 0.05) is 0 Å². The SMILES string of the molecule is O=C(Cc1cc(C(F)(F)F)co1)NCC(=O)N1CCCO1. The fraction of sp³-hybridized carbons (Fsp3) is 0.500. The molecule has 1 aliphatic rings. The lowest BCUT2D eigenvalue weighted by atomic mass is 10.2. The Hall–Kier alpha value is -2.03. The van der Waals surface area contributed by atoms with Gasteiger partial charge < -0.3 is 9.73 Å². The van der Waals surface area contributed by atoms with Gasteiger partial charge in [-0.2, -0.15) is 13.2 Å². The van der Waals surface area contributed by atoms with Crippen LogP contribution in [0.3, 0.4) is 0 Å². The first-order valence-corrected chi connectivity index (χ1v) is 6.21. The van der Waals surface area contributed by atoms with Crippen molar-refractivity contribution in [2.24, 2.45) is 0 Å². The molecule has 2 amide bonds. The first-order valence-electron chi connectivity index (χ1n) is 6.21. The van der Waals surface area contributed by atoms with Gasteiger partial charge in [-0.3, -0.25) is 14.4 Å². The molecule has 116 valence electrons. The van der Waals surface area contributed by atoms with Gasteiger partial charge in [0.1, 0.15) is 12.0 Å². The Morgan fingerprint density at radius 3 is 2.71 bits per heavy atom. The molecule has 0 aliphatic carbocycles. The van der Waals surface area contributed by atoms with Gasteiger partial charge in [0.05, 0.1) is 31.7 Å². The van der Waals surface area contributed by atoms with Crippen LogP contribution in [0.5, 0.6) is 0 Å². The van der Waals surface area contributed by atoms with Crippen LogP contribution in [-0.2, 0) is 27.0 Å². The van der Waals surface area contributed by atoms with E-state index in [0.29, 0.717) is 19.4 Å². The van der Waals surface area contributed by atoms with Gasteiger partial charge in [0.15, 0.2) is 0 Å². The summed E-state index contributed by atoms with van der Waals surface area (Å²) in [6.07, 6.45) is -3.61. The Morgan fingerprint density at radius 1 is 1.38 bits per heavy atom. The summed E-state index contributed by atoms with van der Waals surface area (Å²) in [7, 11) is 0. The topological polar surface area (TPSA) is 71.8 Å². The second-order valence-corrected chi connectivity index (χ2v) is 4.44. The molecule has 0 unspecified atom stereocenters. The van der Waals surface area contributed by atoms with E-state index in [4.69, 9.17) is 4.84 Å². The van der Waals surface area contributed by atoms with Crippen molar-refractivity contribution in [3.8, 4) is 0 Å². The maximum Gasteiger partial charge on any atom is 0.419 e. The van der Waals surface area contributed by atoms with Crippen LogP contribution in [0.4, 0.5) is 13.2 Å². The summed E-state index contributed by atoms with van der Waals surface area (Å²) in [6.45, 7) is 0.639. The molecule has 0 atom stereocenters. The van der Waals surface area contributed by atoms with Crippen molar-refractivity contribution in [1.82, 2.24) is 10.4 Å². The number of rotatable bonds is 4. The minimum Gasteiger partial charge on any atom is -0.468 e. The maximum atomic E-state index is 12.3. The van der Waals surface area contributed by atoms with Crippen molar-refractivity contribution < 1.29 is 32.0 Å². The molecular formula is C12H13F3N2O4. The van der Waals surface area contributed by atoms with E-state index in [1.807, 2.05) is 0 Å². The lowest BCUT2D eigenvalue weighted by molar-refractivity contribution is -0.168. The third-order valence-electron chi connectivity index (χ3n) is 2.78. The van der Waals surface area contributed by atoms with Crippen LogP contribution >= 0.6 is 0 Å². The van der Waals surface area contributed by atoms with E-state index >= 15 is 0 Å². The first-order chi connectivity index (χ1) is 9.86. The monoisotopic (exact) mass is 306 g/mol. The number of carbonyl (C=O) groups is 2. The summed E-state index contributed by atoms with van der Waals surface area (Å²) in [6, 6.07) is 0.755. The number of amides is 2. The Bertz CT molecular complexity index is 521. The fourth-order valence-electron chi connectivity index (χ4n) is 1.75. The molecule has 2 heterocycles. The molecular weight excluding hydrogens is 293 g/mol. The van der Waals surface area contributed by atoms with Crippen LogP contribution in [0.25, 0.3) is 0 Å². The summed E-state index contributed by atoms with van der Waals surface area (Å²) in [5, 5.41) is 3.45. The van der Waals surface area contributed by atoms with E-state index in [9.17, 15) is 22.8 Å². The Labute approximate surface area is 117 Å². The molecule has 1 N–H and O–H groups in total. The van der Waals surface area contributed by atoms with E-state index in [1.54, 1.807) is 0 Å². The van der Waals surface area contributed by atoms with Gasteiger partial charge in [-0.1, -0.05) is 0 Å². The first kappa shape index (κ1) is 15.4. The highest BCUT2D eigenvalue weighted by atomic mass is 19.4. The summed E-state index contributed by atoms with van der Waals surface area (Å²) >= 11 is 0. The van der Waals surface area contributed by atoms with E-state index < -0.39 is 23.6 Å². The summed E-state index contributed by atoms with van der Waals surface area (Å²) in [4.78, 5) is 28.1. The number of hydrogen-bond acceptors (Lipinski definition) is 4. The summed E-state index contributed by atoms with van der Waals surface area (Å²) < 4.78 is 41.7. The average Bonchev–Trinajstić information content (AvgIpc) is 3.05. The van der Waals surface area contributed by atoms with E-state index in [0.717, 1.165) is 17.6 Å². The van der Waals surface area contributed by atoms with Crippen LogP contribution in [0.1, 0.15) is 17.7 Å². The average molecular weight is 306 g/mol. The van der Waals surface area contributed by atoms with E-state index in [2.05, 4.69) is 9.73 Å². The highest BCUT2D eigenvalue weighted by molar-refractivity contribution is 5.85. The number of hydroxylamine groups is 2. The van der Waals surface area contributed by atoms with Crippen molar-refractivity contribution in [1.29, 1.82) is 0 Å². The maximum absolute atomic E-state index is 12.3. The van der Waals surface area contributed by atoms with Gasteiger partial charge in [-0.25, -0.2) is 5.06 Å². The van der Waals surface area contributed by atoms with Crippen LogP contribution in [-0.4, -0.2) is 36.6 Å². The quantitative estimate of drug-likeness (QED) is 0.905. The molecule has 1 aromatic rings. The zero-order chi connectivity index (χ0) is 15.5. The Morgan fingerprint density at radius 2 is 2.14 bits per heavy atom. The van der Waals surface area contributed by atoms with Gasteiger partial charge in [-0.05, 0) is 12.5 Å². The Kier molecular flexibility index (Phi) is 4.51. The smallest absolute Gasteiger partial charge is 0.419 e. The lowest BCUT2D eigenvalue weighted by Crippen LogP contribution is -2.38. The molecule has 1 aromatic heterocycles. The van der Waals surface area contributed by atoms with Crippen molar-refractivity contribution in [3.05, 3.63) is 23.7 Å². The largest absolute Gasteiger partial charge is 0.468 e. The summed E-state index contributed by atoms with van der Waals surface area (Å²) in [5.74, 6) is -1.13. The molecule has 6 nitrogen and oxygen atoms in total. The van der Waals surface area contributed by atoms with Crippen LogP contribution in [0.2, 0.25) is 0 Å². The number of carbonyl (C=O) groups excluding carboxylic acids is 2. The van der Waals surface area contributed by atoms with E-state index in [-0.39, 0.29) is 18.7 Å². The number of halogens is 3. The minimum absolute atomic E-state index is 0.121. The number of alkyl halides is 3. The predicted molar refractivity (Wildman–Crippen MR) is 62.7 cm³/mol. The summed E-state index contributed by atoms with van der Waals surface area (Å²) in [5.41, 5.74) is -0.952. The standard InChI is InChI=1S/C12H13F3N2O4/c13-12(14,15)8-4-9(20-7-8)5-10(18)16-6-11(19)17-2-1-3-21-17/h4,7H,1-3,5-6H2,(H,16,18). The molecule has 0 saturated carbocycles. The molecule has 1 saturated heterocycles. The van der Waals surface area contributed by atoms with E-state index in [1.165, 1.54) is 0 Å². The highest BCUT2D eigenvalue weighted by Gasteiger charge is 2.32. The normalized spacial score (nSPS) is 15.3. The molecule has 9 heteroatoms. The van der Waals surface area contributed by atoms with Gasteiger partial charge in [0.25, 0.3) is 5.91 Å². The third-order valence-corrected chi connectivity index (χ3v) is 2.78. The third kappa shape index (κ3) is 4.22. The van der Waals surface area contributed by atoms with Crippen molar-refractivity contribution in [3.63, 3.8) is 0 Å². The van der Waals surface area contributed by atoms with Gasteiger partial charge in [-0.15, -0.1) is 0 Å². The molecule has 0 aromatic carbocycles. The van der Waals surface area contributed by atoms with Crippen molar-refractivity contribution in [2.75, 3.05) is 19.7 Å². The van der Waals surface area contributed by atoms with Crippen LogP contribution in [0, 0.1) is 0 Å². The predicted octanol–water partition coefficient (Wildman–Crippen LogP) is 1.12. The highest BCUT2D eigenvalue weighted by Crippen LogP contribution is 2.30. The second kappa shape index (κ2) is 6.17. The molecule has 1 fully saturated rings. The molecule has 21 heavy (non-hydrogen) atoms. The zero-order valence-electron chi connectivity index (χ0n) is 10.9. The number of furan rings is 1. The van der Waals surface area contributed by atoms with Gasteiger partial charge in [0.2, 0.25) is 5.91 Å². The lowest BCUT2D eigenvalue weighted by Gasteiger charge is -2.13. The van der Waals surface area contributed by atoms with Crippen molar-refractivity contribution >= 4 is 11.8 Å². The molecule has 0 bridgehead atoms. The molecule has 0 spiro atoms. The molecule has 2 rings (SSSR count). The Balaban J connectivity index is 1.79. The second-order valence-electron chi connectivity index (χ2n) is 4.44. The van der Waals surface area contributed by atoms with Crippen molar-refractivity contribution in [2.45, 2.75) is 19.0 Å². The van der Waals surface area contributed by atoms with Crippen LogP contribution in [0.15, 0.2) is 16.7 Å². The van der Waals surface area contributed by atoms with Crippen LogP contribution < -0.4 is 5.32 Å². The minimum atomic E-state index is -4.51. The number of nitrogens with one attached hydrogen (secondary N) is 1. The zero-order valence-corrected chi connectivity index (χ0v) is 10.9. The number of hydrogen-bond donors (Lipinski definition) is 1. The molecule has 0 radical (unpaired) electrons. The molecule has 1 aliphatic heterocycles. The van der Waals surface area contributed by atoms with Gasteiger partial charge >= 0.3 is 6.18 Å².